The van der Waals surface area contributed by atoms with Crippen LogP contribution in [0.4, 0.5) is 11.4 Å². The Morgan fingerprint density at radius 3 is 2.48 bits per heavy atom. The summed E-state index contributed by atoms with van der Waals surface area (Å²) in [6.45, 7) is 7.00. The van der Waals surface area contributed by atoms with E-state index in [1.807, 2.05) is 49.1 Å². The molecule has 0 saturated carbocycles. The van der Waals surface area contributed by atoms with Crippen LogP contribution in [0.25, 0.3) is 0 Å². The Kier molecular flexibility index (Phi) is 7.00. The molecule has 0 bridgehead atoms. The van der Waals surface area contributed by atoms with E-state index in [1.54, 1.807) is 17.0 Å². The van der Waals surface area contributed by atoms with Gasteiger partial charge in [0.25, 0.3) is 0 Å². The molecular formula is C25H29ClN4O3. The zero-order chi connectivity index (χ0) is 23.5. The van der Waals surface area contributed by atoms with E-state index in [2.05, 4.69) is 10.2 Å². The highest BCUT2D eigenvalue weighted by atomic mass is 35.5. The smallest absolute Gasteiger partial charge is 0.238 e. The Hall–Kier alpha value is -2.90. The largest absolute Gasteiger partial charge is 0.340 e. The number of amides is 3. The van der Waals surface area contributed by atoms with Gasteiger partial charge in [-0.25, -0.2) is 0 Å². The zero-order valence-electron chi connectivity index (χ0n) is 19.0. The monoisotopic (exact) mass is 468 g/mol. The summed E-state index contributed by atoms with van der Waals surface area (Å²) >= 11 is 6.24. The first-order chi connectivity index (χ1) is 15.8. The third kappa shape index (κ3) is 5.20. The fraction of sp³-hybridized carbons (Fsp3) is 0.400. The molecule has 0 spiro atoms. The molecule has 174 valence electrons. The van der Waals surface area contributed by atoms with Crippen molar-refractivity contribution in [1.82, 2.24) is 9.80 Å². The van der Waals surface area contributed by atoms with Gasteiger partial charge in [0.2, 0.25) is 17.7 Å². The summed E-state index contributed by atoms with van der Waals surface area (Å²) in [5.41, 5.74) is 3.69. The van der Waals surface area contributed by atoms with Gasteiger partial charge in [-0.1, -0.05) is 35.9 Å². The number of carbonyl (C=O) groups is 3. The van der Waals surface area contributed by atoms with Crippen LogP contribution in [-0.2, 0) is 14.4 Å². The van der Waals surface area contributed by atoms with Gasteiger partial charge in [-0.05, 0) is 43.2 Å². The highest BCUT2D eigenvalue weighted by Crippen LogP contribution is 2.31. The predicted molar refractivity (Wildman–Crippen MR) is 129 cm³/mol. The van der Waals surface area contributed by atoms with Gasteiger partial charge in [0.15, 0.2) is 0 Å². The summed E-state index contributed by atoms with van der Waals surface area (Å²) in [7, 11) is 0. The molecule has 0 radical (unpaired) electrons. The summed E-state index contributed by atoms with van der Waals surface area (Å²) in [6, 6.07) is 13.1. The Bertz CT molecular complexity index is 1070. The number of rotatable bonds is 5. The van der Waals surface area contributed by atoms with Crippen molar-refractivity contribution >= 4 is 40.7 Å². The molecule has 2 fully saturated rings. The SMILES string of the molecule is Cc1cccc(NC(=O)CN2CCN(C(=O)C3CC(=O)N(c4ccccc4Cl)C3)CC2)c1C. The van der Waals surface area contributed by atoms with Crippen molar-refractivity contribution in [3.05, 3.63) is 58.6 Å². The standard InChI is InChI=1S/C25H29ClN4O3/c1-17-6-5-8-21(18(17)2)27-23(31)16-28-10-12-29(13-11-28)25(33)19-14-24(32)30(15-19)22-9-4-3-7-20(22)26/h3-9,19H,10-16H2,1-2H3,(H,27,31). The van der Waals surface area contributed by atoms with Crippen LogP contribution in [0.3, 0.4) is 0 Å². The molecule has 0 aromatic heterocycles. The van der Waals surface area contributed by atoms with Crippen LogP contribution in [0, 0.1) is 19.8 Å². The molecule has 2 aliphatic heterocycles. The van der Waals surface area contributed by atoms with Crippen molar-refractivity contribution in [2.75, 3.05) is 49.5 Å². The van der Waals surface area contributed by atoms with E-state index >= 15 is 0 Å². The van der Waals surface area contributed by atoms with Gasteiger partial charge in [0.05, 0.1) is 23.2 Å². The lowest BCUT2D eigenvalue weighted by atomic mass is 10.1. The molecule has 7 nitrogen and oxygen atoms in total. The molecule has 8 heteroatoms. The summed E-state index contributed by atoms with van der Waals surface area (Å²) in [4.78, 5) is 43.6. The maximum absolute atomic E-state index is 13.1. The third-order valence-corrected chi connectivity index (χ3v) is 6.87. The van der Waals surface area contributed by atoms with E-state index in [0.29, 0.717) is 43.4 Å². The molecule has 2 saturated heterocycles. The first kappa shape index (κ1) is 23.3. The molecule has 33 heavy (non-hydrogen) atoms. The molecule has 1 unspecified atom stereocenters. The number of aryl methyl sites for hydroxylation is 1. The van der Waals surface area contributed by atoms with Crippen LogP contribution in [0.1, 0.15) is 17.5 Å². The number of anilines is 2. The first-order valence-corrected chi connectivity index (χ1v) is 11.6. The molecule has 1 atom stereocenters. The minimum absolute atomic E-state index is 0.00242. The summed E-state index contributed by atoms with van der Waals surface area (Å²) in [5.74, 6) is -0.506. The average molecular weight is 469 g/mol. The molecule has 2 aromatic carbocycles. The minimum Gasteiger partial charge on any atom is -0.340 e. The van der Waals surface area contributed by atoms with Crippen molar-refractivity contribution < 1.29 is 14.4 Å². The molecule has 2 aromatic rings. The van der Waals surface area contributed by atoms with Crippen LogP contribution >= 0.6 is 11.6 Å². The summed E-state index contributed by atoms with van der Waals surface area (Å²) in [5, 5.41) is 3.50. The second kappa shape index (κ2) is 9.93. The van der Waals surface area contributed by atoms with Gasteiger partial charge >= 0.3 is 0 Å². The molecular weight excluding hydrogens is 440 g/mol. The number of carbonyl (C=O) groups excluding carboxylic acids is 3. The fourth-order valence-electron chi connectivity index (χ4n) is 4.44. The number of halogens is 1. The third-order valence-electron chi connectivity index (χ3n) is 6.55. The normalized spacial score (nSPS) is 19.1. The average Bonchev–Trinajstić information content (AvgIpc) is 3.18. The van der Waals surface area contributed by atoms with Gasteiger partial charge < -0.3 is 15.1 Å². The lowest BCUT2D eigenvalue weighted by Crippen LogP contribution is -2.52. The number of hydrogen-bond donors (Lipinski definition) is 1. The van der Waals surface area contributed by atoms with Gasteiger partial charge in [-0.3, -0.25) is 19.3 Å². The second-order valence-corrected chi connectivity index (χ2v) is 9.16. The molecule has 4 rings (SSSR count). The lowest BCUT2D eigenvalue weighted by Gasteiger charge is -2.35. The molecule has 2 aliphatic rings. The van der Waals surface area contributed by atoms with Crippen molar-refractivity contribution in [2.45, 2.75) is 20.3 Å². The molecule has 2 heterocycles. The lowest BCUT2D eigenvalue weighted by molar-refractivity contribution is -0.137. The van der Waals surface area contributed by atoms with Crippen molar-refractivity contribution in [3.8, 4) is 0 Å². The maximum atomic E-state index is 13.1. The first-order valence-electron chi connectivity index (χ1n) is 11.3. The van der Waals surface area contributed by atoms with Gasteiger partial charge in [0, 0.05) is 44.8 Å². The van der Waals surface area contributed by atoms with Crippen molar-refractivity contribution in [3.63, 3.8) is 0 Å². The zero-order valence-corrected chi connectivity index (χ0v) is 19.8. The van der Waals surface area contributed by atoms with Gasteiger partial charge in [-0.15, -0.1) is 0 Å². The fourth-order valence-corrected chi connectivity index (χ4v) is 4.68. The molecule has 0 aliphatic carbocycles. The minimum atomic E-state index is -0.368. The number of para-hydroxylation sites is 1. The Balaban J connectivity index is 1.28. The number of nitrogens with zero attached hydrogens (tertiary/aromatic N) is 3. The predicted octanol–water partition coefficient (Wildman–Crippen LogP) is 3.09. The topological polar surface area (TPSA) is 73.0 Å². The van der Waals surface area contributed by atoms with E-state index in [1.165, 1.54) is 0 Å². The highest BCUT2D eigenvalue weighted by molar-refractivity contribution is 6.33. The number of nitrogens with one attached hydrogen (secondary N) is 1. The maximum Gasteiger partial charge on any atom is 0.238 e. The second-order valence-electron chi connectivity index (χ2n) is 8.75. The Morgan fingerprint density at radius 2 is 1.76 bits per heavy atom. The van der Waals surface area contributed by atoms with Crippen LogP contribution in [0.15, 0.2) is 42.5 Å². The van der Waals surface area contributed by atoms with Crippen molar-refractivity contribution in [1.29, 1.82) is 0 Å². The Morgan fingerprint density at radius 1 is 1.03 bits per heavy atom. The van der Waals surface area contributed by atoms with E-state index in [-0.39, 0.29) is 36.6 Å². The quantitative estimate of drug-likeness (QED) is 0.731. The summed E-state index contributed by atoms with van der Waals surface area (Å²) < 4.78 is 0. The van der Waals surface area contributed by atoms with Crippen molar-refractivity contribution in [2.24, 2.45) is 5.92 Å². The van der Waals surface area contributed by atoms with Crippen LogP contribution in [0.5, 0.6) is 0 Å². The van der Waals surface area contributed by atoms with Gasteiger partial charge in [0.1, 0.15) is 0 Å². The Labute approximate surface area is 199 Å². The number of hydrogen-bond acceptors (Lipinski definition) is 4. The number of benzene rings is 2. The van der Waals surface area contributed by atoms with E-state index in [0.717, 1.165) is 16.8 Å². The van der Waals surface area contributed by atoms with E-state index < -0.39 is 0 Å². The highest BCUT2D eigenvalue weighted by Gasteiger charge is 2.38. The van der Waals surface area contributed by atoms with Gasteiger partial charge in [-0.2, -0.15) is 0 Å². The van der Waals surface area contributed by atoms with Crippen LogP contribution < -0.4 is 10.2 Å². The summed E-state index contributed by atoms with van der Waals surface area (Å²) in [6.07, 6.45) is 0.197. The van der Waals surface area contributed by atoms with E-state index in [9.17, 15) is 14.4 Å². The number of piperazine rings is 1. The van der Waals surface area contributed by atoms with E-state index in [4.69, 9.17) is 11.6 Å². The van der Waals surface area contributed by atoms with Crippen LogP contribution in [-0.4, -0.2) is 66.8 Å². The molecule has 1 N–H and O–H groups in total. The molecule has 3 amide bonds. The van der Waals surface area contributed by atoms with Crippen LogP contribution in [0.2, 0.25) is 5.02 Å².